The molecule has 1 N–H and O–H groups in total. The standard InChI is InChI=1S/C9H11NO3/c1-3-13-9(12)8-6(2)4-10-5-7(8)11/h4-5,11H,3H2,1-2H3. The van der Waals surface area contributed by atoms with E-state index in [2.05, 4.69) is 4.98 Å². The summed E-state index contributed by atoms with van der Waals surface area (Å²) in [6.45, 7) is 3.70. The molecule has 0 radical (unpaired) electrons. The maximum Gasteiger partial charge on any atom is 0.342 e. The van der Waals surface area contributed by atoms with Gasteiger partial charge >= 0.3 is 5.97 Å². The molecule has 0 aliphatic rings. The van der Waals surface area contributed by atoms with Crippen LogP contribution in [0.5, 0.6) is 5.75 Å². The van der Waals surface area contributed by atoms with Gasteiger partial charge in [-0.15, -0.1) is 0 Å². The van der Waals surface area contributed by atoms with Crippen LogP contribution in [-0.2, 0) is 4.74 Å². The van der Waals surface area contributed by atoms with Crippen LogP contribution in [0.1, 0.15) is 22.8 Å². The van der Waals surface area contributed by atoms with Crippen molar-refractivity contribution in [1.29, 1.82) is 0 Å². The fraction of sp³-hybridized carbons (Fsp3) is 0.333. The first-order chi connectivity index (χ1) is 6.16. The average molecular weight is 181 g/mol. The molecule has 0 aromatic carbocycles. The molecular formula is C9H11NO3. The number of aryl methyl sites for hydroxylation is 1. The predicted molar refractivity (Wildman–Crippen MR) is 46.6 cm³/mol. The predicted octanol–water partition coefficient (Wildman–Crippen LogP) is 1.27. The van der Waals surface area contributed by atoms with Gasteiger partial charge in [-0.3, -0.25) is 4.98 Å². The van der Waals surface area contributed by atoms with E-state index in [1.165, 1.54) is 12.4 Å². The summed E-state index contributed by atoms with van der Waals surface area (Å²) in [5.41, 5.74) is 0.801. The Morgan fingerprint density at radius 1 is 1.62 bits per heavy atom. The first kappa shape index (κ1) is 9.51. The molecule has 1 aromatic heterocycles. The Bertz CT molecular complexity index is 302. The van der Waals surface area contributed by atoms with Gasteiger partial charge in [-0.05, 0) is 19.4 Å². The molecule has 0 aliphatic carbocycles. The topological polar surface area (TPSA) is 59.4 Å². The van der Waals surface area contributed by atoms with Crippen LogP contribution in [0.4, 0.5) is 0 Å². The molecule has 1 aromatic rings. The monoisotopic (exact) mass is 181 g/mol. The molecule has 0 bridgehead atoms. The minimum atomic E-state index is -0.514. The van der Waals surface area contributed by atoms with Crippen molar-refractivity contribution < 1.29 is 14.6 Å². The smallest absolute Gasteiger partial charge is 0.342 e. The van der Waals surface area contributed by atoms with Crippen molar-refractivity contribution in [2.75, 3.05) is 6.61 Å². The molecule has 0 unspecified atom stereocenters. The summed E-state index contributed by atoms with van der Waals surface area (Å²) >= 11 is 0. The first-order valence-corrected chi connectivity index (χ1v) is 3.97. The lowest BCUT2D eigenvalue weighted by atomic mass is 10.1. The number of hydrogen-bond donors (Lipinski definition) is 1. The number of aromatic nitrogens is 1. The van der Waals surface area contributed by atoms with E-state index in [1.807, 2.05) is 0 Å². The number of hydrogen-bond acceptors (Lipinski definition) is 4. The largest absolute Gasteiger partial charge is 0.505 e. The highest BCUT2D eigenvalue weighted by molar-refractivity contribution is 5.93. The number of pyridine rings is 1. The summed E-state index contributed by atoms with van der Waals surface area (Å²) in [4.78, 5) is 15.0. The lowest BCUT2D eigenvalue weighted by Crippen LogP contribution is -2.07. The zero-order valence-corrected chi connectivity index (χ0v) is 7.57. The van der Waals surface area contributed by atoms with E-state index in [0.717, 1.165) is 0 Å². The second-order valence-corrected chi connectivity index (χ2v) is 2.57. The highest BCUT2D eigenvalue weighted by Crippen LogP contribution is 2.19. The number of carbonyl (C=O) groups is 1. The van der Waals surface area contributed by atoms with Crippen molar-refractivity contribution in [3.63, 3.8) is 0 Å². The number of nitrogens with zero attached hydrogens (tertiary/aromatic N) is 1. The van der Waals surface area contributed by atoms with Gasteiger partial charge in [0.2, 0.25) is 0 Å². The van der Waals surface area contributed by atoms with Crippen LogP contribution in [0, 0.1) is 6.92 Å². The SMILES string of the molecule is CCOC(=O)c1c(C)cncc1O. The number of esters is 1. The van der Waals surface area contributed by atoms with Gasteiger partial charge in [0.1, 0.15) is 11.3 Å². The second kappa shape index (κ2) is 3.89. The summed E-state index contributed by atoms with van der Waals surface area (Å²) in [6, 6.07) is 0. The van der Waals surface area contributed by atoms with Crippen molar-refractivity contribution in [1.82, 2.24) is 4.98 Å². The Morgan fingerprint density at radius 3 is 2.85 bits per heavy atom. The molecule has 1 rings (SSSR count). The van der Waals surface area contributed by atoms with Gasteiger partial charge in [-0.1, -0.05) is 0 Å². The molecule has 0 saturated heterocycles. The zero-order valence-electron chi connectivity index (χ0n) is 7.57. The minimum absolute atomic E-state index is 0.140. The van der Waals surface area contributed by atoms with E-state index in [1.54, 1.807) is 13.8 Å². The third-order valence-electron chi connectivity index (χ3n) is 1.60. The van der Waals surface area contributed by atoms with Gasteiger partial charge in [0.05, 0.1) is 12.8 Å². The second-order valence-electron chi connectivity index (χ2n) is 2.57. The molecule has 4 nitrogen and oxygen atoms in total. The Balaban J connectivity index is 3.05. The lowest BCUT2D eigenvalue weighted by molar-refractivity contribution is 0.0522. The van der Waals surface area contributed by atoms with Gasteiger partial charge in [0, 0.05) is 6.20 Å². The van der Waals surface area contributed by atoms with Gasteiger partial charge in [-0.2, -0.15) is 0 Å². The van der Waals surface area contributed by atoms with Crippen LogP contribution < -0.4 is 0 Å². The third-order valence-corrected chi connectivity index (χ3v) is 1.60. The summed E-state index contributed by atoms with van der Waals surface area (Å²) in [7, 11) is 0. The lowest BCUT2D eigenvalue weighted by Gasteiger charge is -2.05. The normalized spacial score (nSPS) is 9.69. The Hall–Kier alpha value is -1.58. The number of ether oxygens (including phenoxy) is 1. The van der Waals surface area contributed by atoms with Crippen LogP contribution in [0.3, 0.4) is 0 Å². The van der Waals surface area contributed by atoms with E-state index in [4.69, 9.17) is 4.74 Å². The molecule has 0 spiro atoms. The van der Waals surface area contributed by atoms with E-state index >= 15 is 0 Å². The fourth-order valence-electron chi connectivity index (χ4n) is 1.02. The van der Waals surface area contributed by atoms with Crippen molar-refractivity contribution in [2.45, 2.75) is 13.8 Å². The van der Waals surface area contributed by atoms with Crippen LogP contribution >= 0.6 is 0 Å². The molecule has 0 aliphatic heterocycles. The Labute approximate surface area is 76.2 Å². The quantitative estimate of drug-likeness (QED) is 0.698. The molecule has 4 heteroatoms. The molecule has 70 valence electrons. The molecule has 13 heavy (non-hydrogen) atoms. The maximum atomic E-state index is 11.3. The minimum Gasteiger partial charge on any atom is -0.505 e. The summed E-state index contributed by atoms with van der Waals surface area (Å²) in [6.07, 6.45) is 2.73. The summed E-state index contributed by atoms with van der Waals surface area (Å²) in [5.74, 6) is -0.654. The Kier molecular flexibility index (Phi) is 2.84. The number of carbonyl (C=O) groups excluding carboxylic acids is 1. The van der Waals surface area contributed by atoms with E-state index in [9.17, 15) is 9.90 Å². The fourth-order valence-corrected chi connectivity index (χ4v) is 1.02. The third kappa shape index (κ3) is 1.96. The molecule has 0 fully saturated rings. The van der Waals surface area contributed by atoms with Crippen LogP contribution in [0.25, 0.3) is 0 Å². The highest BCUT2D eigenvalue weighted by atomic mass is 16.5. The van der Waals surface area contributed by atoms with Gasteiger partial charge < -0.3 is 9.84 Å². The molecule has 0 saturated carbocycles. The van der Waals surface area contributed by atoms with Crippen molar-refractivity contribution in [3.05, 3.63) is 23.5 Å². The highest BCUT2D eigenvalue weighted by Gasteiger charge is 2.14. The first-order valence-electron chi connectivity index (χ1n) is 3.97. The van der Waals surface area contributed by atoms with Crippen molar-refractivity contribution in [2.24, 2.45) is 0 Å². The van der Waals surface area contributed by atoms with Crippen molar-refractivity contribution in [3.8, 4) is 5.75 Å². The molecule has 0 atom stereocenters. The maximum absolute atomic E-state index is 11.3. The zero-order chi connectivity index (χ0) is 9.84. The summed E-state index contributed by atoms with van der Waals surface area (Å²) in [5, 5.41) is 9.33. The van der Waals surface area contributed by atoms with Crippen LogP contribution in [-0.4, -0.2) is 22.7 Å². The molecular weight excluding hydrogens is 170 g/mol. The van der Waals surface area contributed by atoms with Crippen molar-refractivity contribution >= 4 is 5.97 Å². The molecule has 0 amide bonds. The van der Waals surface area contributed by atoms with Gasteiger partial charge in [0.25, 0.3) is 0 Å². The Morgan fingerprint density at radius 2 is 2.31 bits per heavy atom. The number of aromatic hydroxyl groups is 1. The molecule has 1 heterocycles. The van der Waals surface area contributed by atoms with E-state index in [0.29, 0.717) is 12.2 Å². The average Bonchev–Trinajstić information content (AvgIpc) is 2.04. The van der Waals surface area contributed by atoms with E-state index in [-0.39, 0.29) is 11.3 Å². The summed E-state index contributed by atoms with van der Waals surface area (Å²) < 4.78 is 4.76. The van der Waals surface area contributed by atoms with Crippen LogP contribution in [0.15, 0.2) is 12.4 Å². The van der Waals surface area contributed by atoms with Gasteiger partial charge in [0.15, 0.2) is 0 Å². The van der Waals surface area contributed by atoms with E-state index < -0.39 is 5.97 Å². The van der Waals surface area contributed by atoms with Gasteiger partial charge in [-0.25, -0.2) is 4.79 Å². The number of rotatable bonds is 2. The van der Waals surface area contributed by atoms with Crippen LogP contribution in [0.2, 0.25) is 0 Å².